The number of carbonyl (C=O) groups is 1. The van der Waals surface area contributed by atoms with Gasteiger partial charge in [0.25, 0.3) is 0 Å². The van der Waals surface area contributed by atoms with Crippen molar-refractivity contribution < 1.29 is 14.7 Å². The zero-order valence-corrected chi connectivity index (χ0v) is 6.91. The molecule has 0 aromatic carbocycles. The van der Waals surface area contributed by atoms with E-state index in [1.807, 2.05) is 6.92 Å². The van der Waals surface area contributed by atoms with Crippen LogP contribution in [0, 0.1) is 5.92 Å². The predicted octanol–water partition coefficient (Wildman–Crippen LogP) is 1.02. The summed E-state index contributed by atoms with van der Waals surface area (Å²) in [6.45, 7) is 1.91. The molecule has 0 unspecified atom stereocenters. The van der Waals surface area contributed by atoms with Gasteiger partial charge in [-0.1, -0.05) is 5.16 Å². The molecule has 0 bridgehead atoms. The average Bonchev–Trinajstić information content (AvgIpc) is 2.27. The van der Waals surface area contributed by atoms with E-state index in [9.17, 15) is 4.79 Å². The Balaban J connectivity index is 1.93. The molecule has 0 aromatic heterocycles. The Morgan fingerprint density at radius 2 is 2.42 bits per heavy atom. The monoisotopic (exact) mass is 169 g/mol. The molecule has 2 aliphatic rings. The average molecular weight is 169 g/mol. The van der Waals surface area contributed by atoms with Crippen molar-refractivity contribution >= 4 is 11.7 Å². The van der Waals surface area contributed by atoms with Crippen molar-refractivity contribution in [1.82, 2.24) is 0 Å². The minimum atomic E-state index is -0.714. The molecular formula is C8H11NO3. The van der Waals surface area contributed by atoms with Crippen molar-refractivity contribution in [2.24, 2.45) is 11.1 Å². The molecule has 0 atom stereocenters. The number of rotatable bonds is 1. The number of oxime groups is 1. The molecule has 1 fully saturated rings. The maximum Gasteiger partial charge on any atom is 0.306 e. The van der Waals surface area contributed by atoms with Gasteiger partial charge in [0.2, 0.25) is 0 Å². The van der Waals surface area contributed by atoms with E-state index in [4.69, 9.17) is 9.94 Å². The number of aliphatic carboxylic acids is 1. The molecule has 2 rings (SSSR count). The van der Waals surface area contributed by atoms with Gasteiger partial charge < -0.3 is 9.94 Å². The van der Waals surface area contributed by atoms with E-state index in [1.54, 1.807) is 0 Å². The Bertz CT molecular complexity index is 253. The van der Waals surface area contributed by atoms with Crippen LogP contribution < -0.4 is 0 Å². The first kappa shape index (κ1) is 7.58. The minimum absolute atomic E-state index is 0.217. The van der Waals surface area contributed by atoms with E-state index in [2.05, 4.69) is 5.16 Å². The Kier molecular flexibility index (Phi) is 1.40. The fraction of sp³-hybridized carbons (Fsp3) is 0.750. The van der Waals surface area contributed by atoms with E-state index in [0.29, 0.717) is 12.8 Å². The summed E-state index contributed by atoms with van der Waals surface area (Å²) in [5, 5.41) is 12.5. The van der Waals surface area contributed by atoms with Crippen LogP contribution in [-0.4, -0.2) is 22.4 Å². The number of nitrogens with zero attached hydrogens (tertiary/aromatic N) is 1. The number of hydrogen-bond donors (Lipinski definition) is 1. The third-order valence-electron chi connectivity index (χ3n) is 2.56. The molecule has 12 heavy (non-hydrogen) atoms. The maximum atomic E-state index is 10.5. The number of carboxylic acids is 1. The van der Waals surface area contributed by atoms with Gasteiger partial charge in [0.05, 0.1) is 11.6 Å². The molecule has 0 saturated heterocycles. The van der Waals surface area contributed by atoms with Gasteiger partial charge in [0.1, 0.15) is 5.60 Å². The third-order valence-corrected chi connectivity index (χ3v) is 2.56. The molecule has 0 amide bonds. The lowest BCUT2D eigenvalue weighted by atomic mass is 9.69. The van der Waals surface area contributed by atoms with Gasteiger partial charge in [-0.25, -0.2) is 0 Å². The summed E-state index contributed by atoms with van der Waals surface area (Å²) in [6.07, 6.45) is 2.03. The minimum Gasteiger partial charge on any atom is -0.481 e. The highest BCUT2D eigenvalue weighted by molar-refractivity contribution is 5.84. The molecular weight excluding hydrogens is 158 g/mol. The molecule has 1 aliphatic heterocycles. The van der Waals surface area contributed by atoms with E-state index in [-0.39, 0.29) is 11.5 Å². The highest BCUT2D eigenvalue weighted by Gasteiger charge is 2.52. The van der Waals surface area contributed by atoms with E-state index in [1.165, 1.54) is 0 Å². The van der Waals surface area contributed by atoms with Crippen molar-refractivity contribution in [3.05, 3.63) is 0 Å². The summed E-state index contributed by atoms with van der Waals surface area (Å²) in [5.74, 6) is -0.931. The summed E-state index contributed by atoms with van der Waals surface area (Å²) in [6, 6.07) is 0. The Morgan fingerprint density at radius 1 is 1.75 bits per heavy atom. The summed E-state index contributed by atoms with van der Waals surface area (Å²) in [4.78, 5) is 15.7. The molecule has 1 spiro atoms. The molecule has 4 nitrogen and oxygen atoms in total. The first-order chi connectivity index (χ1) is 5.61. The Hall–Kier alpha value is -1.06. The quantitative estimate of drug-likeness (QED) is 0.637. The van der Waals surface area contributed by atoms with E-state index in [0.717, 1.165) is 12.1 Å². The second kappa shape index (κ2) is 2.21. The molecule has 4 heteroatoms. The van der Waals surface area contributed by atoms with Crippen molar-refractivity contribution in [2.75, 3.05) is 0 Å². The smallest absolute Gasteiger partial charge is 0.306 e. The highest BCUT2D eigenvalue weighted by atomic mass is 16.7. The summed E-state index contributed by atoms with van der Waals surface area (Å²) < 4.78 is 0. The lowest BCUT2D eigenvalue weighted by Crippen LogP contribution is -2.46. The second-order valence-electron chi connectivity index (χ2n) is 3.72. The Morgan fingerprint density at radius 3 is 2.83 bits per heavy atom. The highest BCUT2D eigenvalue weighted by Crippen LogP contribution is 2.46. The largest absolute Gasteiger partial charge is 0.481 e. The molecule has 66 valence electrons. The fourth-order valence-corrected chi connectivity index (χ4v) is 1.94. The lowest BCUT2D eigenvalue weighted by molar-refractivity contribution is -0.162. The first-order valence-electron chi connectivity index (χ1n) is 4.06. The third kappa shape index (κ3) is 0.983. The van der Waals surface area contributed by atoms with Crippen LogP contribution in [0.15, 0.2) is 5.16 Å². The van der Waals surface area contributed by atoms with Gasteiger partial charge in [0.15, 0.2) is 0 Å². The van der Waals surface area contributed by atoms with Crippen LogP contribution in [0.3, 0.4) is 0 Å². The van der Waals surface area contributed by atoms with Crippen LogP contribution in [0.1, 0.15) is 26.2 Å². The summed E-state index contributed by atoms with van der Waals surface area (Å²) in [5.41, 5.74) is 0.728. The topological polar surface area (TPSA) is 58.9 Å². The second-order valence-corrected chi connectivity index (χ2v) is 3.72. The van der Waals surface area contributed by atoms with Gasteiger partial charge in [-0.3, -0.25) is 4.79 Å². The van der Waals surface area contributed by atoms with Crippen LogP contribution in [0.2, 0.25) is 0 Å². The van der Waals surface area contributed by atoms with Gasteiger partial charge in [-0.2, -0.15) is 0 Å². The molecule has 1 N–H and O–H groups in total. The standard InChI is InChI=1S/C8H11NO3/c1-5-2-8(12-9-5)3-6(4-8)7(10)11/h6H,2-4H2,1H3,(H,10,11). The molecule has 0 aromatic rings. The van der Waals surface area contributed by atoms with Crippen molar-refractivity contribution in [3.63, 3.8) is 0 Å². The van der Waals surface area contributed by atoms with E-state index < -0.39 is 5.97 Å². The number of carboxylic acid groups (broad SMARTS) is 1. The molecule has 1 saturated carbocycles. The SMILES string of the molecule is CC1=NOC2(C1)CC(C(=O)O)C2. The maximum absolute atomic E-state index is 10.5. The number of hydrogen-bond acceptors (Lipinski definition) is 3. The fourth-order valence-electron chi connectivity index (χ4n) is 1.94. The first-order valence-corrected chi connectivity index (χ1v) is 4.06. The van der Waals surface area contributed by atoms with Crippen LogP contribution in [0.5, 0.6) is 0 Å². The van der Waals surface area contributed by atoms with Gasteiger partial charge >= 0.3 is 5.97 Å². The zero-order valence-electron chi connectivity index (χ0n) is 6.91. The van der Waals surface area contributed by atoms with Crippen molar-refractivity contribution in [1.29, 1.82) is 0 Å². The Labute approximate surface area is 70.2 Å². The van der Waals surface area contributed by atoms with Gasteiger partial charge in [-0.05, 0) is 6.92 Å². The zero-order chi connectivity index (χ0) is 8.77. The van der Waals surface area contributed by atoms with Crippen molar-refractivity contribution in [2.45, 2.75) is 31.8 Å². The molecule has 1 aliphatic carbocycles. The van der Waals surface area contributed by atoms with Crippen LogP contribution in [-0.2, 0) is 9.63 Å². The lowest BCUT2D eigenvalue weighted by Gasteiger charge is -2.39. The molecule has 1 heterocycles. The summed E-state index contributed by atoms with van der Waals surface area (Å²) >= 11 is 0. The summed E-state index contributed by atoms with van der Waals surface area (Å²) in [7, 11) is 0. The van der Waals surface area contributed by atoms with Crippen LogP contribution in [0.4, 0.5) is 0 Å². The van der Waals surface area contributed by atoms with Crippen molar-refractivity contribution in [3.8, 4) is 0 Å². The molecule has 0 radical (unpaired) electrons. The van der Waals surface area contributed by atoms with E-state index >= 15 is 0 Å². The van der Waals surface area contributed by atoms with Gasteiger partial charge in [-0.15, -0.1) is 0 Å². The normalized spacial score (nSPS) is 38.8. The predicted molar refractivity (Wildman–Crippen MR) is 41.9 cm³/mol. The van der Waals surface area contributed by atoms with Crippen LogP contribution >= 0.6 is 0 Å². The van der Waals surface area contributed by atoms with Gasteiger partial charge in [0, 0.05) is 19.3 Å². The van der Waals surface area contributed by atoms with Crippen LogP contribution in [0.25, 0.3) is 0 Å².